The Morgan fingerprint density at radius 1 is 1.20 bits per heavy atom. The normalized spacial score (nSPS) is 11.9. The van der Waals surface area contributed by atoms with Crippen molar-refractivity contribution < 1.29 is 9.53 Å². The van der Waals surface area contributed by atoms with Crippen molar-refractivity contribution >= 4 is 17.7 Å². The molecular weight excluding hydrogens is 372 g/mol. The maximum Gasteiger partial charge on any atom is 0.266 e. The molecular formula is C26H32N2O2. The van der Waals surface area contributed by atoms with Gasteiger partial charge >= 0.3 is 0 Å². The van der Waals surface area contributed by atoms with E-state index < -0.39 is 5.91 Å². The van der Waals surface area contributed by atoms with Gasteiger partial charge in [-0.05, 0) is 77.8 Å². The summed E-state index contributed by atoms with van der Waals surface area (Å²) in [6, 6.07) is 13.8. The van der Waals surface area contributed by atoms with Crippen molar-refractivity contribution in [3.8, 4) is 11.8 Å². The number of aryl methyl sites for hydroxylation is 1. The van der Waals surface area contributed by atoms with Crippen molar-refractivity contribution in [1.82, 2.24) is 0 Å². The zero-order chi connectivity index (χ0) is 22.5. The molecule has 0 fully saturated rings. The van der Waals surface area contributed by atoms with Crippen LogP contribution in [-0.2, 0) is 10.2 Å². The lowest BCUT2D eigenvalue weighted by molar-refractivity contribution is -0.112. The fraction of sp³-hybridized carbons (Fsp3) is 0.385. The zero-order valence-corrected chi connectivity index (χ0v) is 19.1. The number of rotatable bonds is 6. The lowest BCUT2D eigenvalue weighted by Crippen LogP contribution is -2.14. The first-order chi connectivity index (χ1) is 14.1. The van der Waals surface area contributed by atoms with E-state index in [9.17, 15) is 10.1 Å². The first-order valence-corrected chi connectivity index (χ1v) is 10.4. The number of nitrogens with one attached hydrogen (secondary N) is 1. The van der Waals surface area contributed by atoms with E-state index in [4.69, 9.17) is 4.74 Å². The summed E-state index contributed by atoms with van der Waals surface area (Å²) in [6.07, 6.45) is 1.65. The van der Waals surface area contributed by atoms with Gasteiger partial charge in [0.1, 0.15) is 17.4 Å². The van der Waals surface area contributed by atoms with E-state index in [1.54, 1.807) is 6.08 Å². The lowest BCUT2D eigenvalue weighted by Gasteiger charge is -2.19. The molecule has 0 aliphatic rings. The van der Waals surface area contributed by atoms with Crippen molar-refractivity contribution in [2.24, 2.45) is 0 Å². The standard InChI is InChI=1S/C26H32N2O2/c1-8-30-24-13-18(4)19(15-23(24)17(2)3)14-20(16-27)25(29)28-22-11-9-21(10-12-22)26(5,6)7/h9-15,17H,8H2,1-7H3,(H,28,29)/b20-14+. The summed E-state index contributed by atoms with van der Waals surface area (Å²) >= 11 is 0. The summed E-state index contributed by atoms with van der Waals surface area (Å²) in [7, 11) is 0. The molecule has 0 aliphatic heterocycles. The maximum absolute atomic E-state index is 12.7. The zero-order valence-electron chi connectivity index (χ0n) is 19.1. The number of hydrogen-bond donors (Lipinski definition) is 1. The molecule has 0 aromatic heterocycles. The van der Waals surface area contributed by atoms with Gasteiger partial charge in [-0.15, -0.1) is 0 Å². The highest BCUT2D eigenvalue weighted by Crippen LogP contribution is 2.31. The Bertz CT molecular complexity index is 972. The van der Waals surface area contributed by atoms with Crippen molar-refractivity contribution in [2.75, 3.05) is 11.9 Å². The van der Waals surface area contributed by atoms with E-state index in [0.717, 1.165) is 22.4 Å². The number of carbonyl (C=O) groups excluding carboxylic acids is 1. The van der Waals surface area contributed by atoms with Crippen LogP contribution >= 0.6 is 0 Å². The Kier molecular flexibility index (Phi) is 7.45. The molecule has 4 heteroatoms. The van der Waals surface area contributed by atoms with Gasteiger partial charge in [0.05, 0.1) is 6.61 Å². The van der Waals surface area contributed by atoms with E-state index in [1.165, 1.54) is 5.56 Å². The van der Waals surface area contributed by atoms with Gasteiger partial charge in [-0.25, -0.2) is 0 Å². The second-order valence-electron chi connectivity index (χ2n) is 8.79. The van der Waals surface area contributed by atoms with Crippen LogP contribution in [0.3, 0.4) is 0 Å². The van der Waals surface area contributed by atoms with Gasteiger partial charge in [0, 0.05) is 5.69 Å². The van der Waals surface area contributed by atoms with Crippen LogP contribution in [0, 0.1) is 18.3 Å². The average molecular weight is 405 g/mol. The molecule has 30 heavy (non-hydrogen) atoms. The molecule has 0 heterocycles. The van der Waals surface area contributed by atoms with Crippen LogP contribution in [0.15, 0.2) is 42.0 Å². The summed E-state index contributed by atoms with van der Waals surface area (Å²) in [5.74, 6) is 0.699. The number of benzene rings is 2. The molecule has 158 valence electrons. The number of amides is 1. The fourth-order valence-corrected chi connectivity index (χ4v) is 3.16. The Balaban J connectivity index is 2.31. The van der Waals surface area contributed by atoms with Crippen LogP contribution in [0.1, 0.15) is 69.7 Å². The van der Waals surface area contributed by atoms with E-state index >= 15 is 0 Å². The molecule has 0 aliphatic carbocycles. The van der Waals surface area contributed by atoms with Gasteiger partial charge in [0.25, 0.3) is 5.91 Å². The average Bonchev–Trinajstić information content (AvgIpc) is 2.67. The van der Waals surface area contributed by atoms with Crippen molar-refractivity contribution in [3.63, 3.8) is 0 Å². The molecule has 0 unspecified atom stereocenters. The van der Waals surface area contributed by atoms with Crippen LogP contribution in [0.4, 0.5) is 5.69 Å². The minimum absolute atomic E-state index is 0.0412. The van der Waals surface area contributed by atoms with Gasteiger partial charge in [-0.3, -0.25) is 4.79 Å². The highest BCUT2D eigenvalue weighted by molar-refractivity contribution is 6.09. The number of ether oxygens (including phenoxy) is 1. The third-order valence-corrected chi connectivity index (χ3v) is 4.99. The lowest BCUT2D eigenvalue weighted by atomic mass is 9.87. The summed E-state index contributed by atoms with van der Waals surface area (Å²) in [5.41, 5.74) is 4.82. The summed E-state index contributed by atoms with van der Waals surface area (Å²) in [6.45, 7) is 15.1. The van der Waals surface area contributed by atoms with Crippen LogP contribution in [0.25, 0.3) is 6.08 Å². The molecule has 1 amide bonds. The fourth-order valence-electron chi connectivity index (χ4n) is 3.16. The first-order valence-electron chi connectivity index (χ1n) is 10.4. The van der Waals surface area contributed by atoms with Crippen molar-refractivity contribution in [2.45, 2.75) is 59.8 Å². The van der Waals surface area contributed by atoms with E-state index in [0.29, 0.717) is 12.3 Å². The number of hydrogen-bond acceptors (Lipinski definition) is 3. The number of anilines is 1. The smallest absolute Gasteiger partial charge is 0.266 e. The van der Waals surface area contributed by atoms with Gasteiger partial charge in [-0.1, -0.05) is 46.8 Å². The molecule has 0 saturated heterocycles. The summed E-state index contributed by atoms with van der Waals surface area (Å²) in [4.78, 5) is 12.7. The van der Waals surface area contributed by atoms with Crippen LogP contribution in [-0.4, -0.2) is 12.5 Å². The predicted octanol–water partition coefficient (Wildman–Crippen LogP) is 6.36. The van der Waals surface area contributed by atoms with Gasteiger partial charge < -0.3 is 10.1 Å². The van der Waals surface area contributed by atoms with Crippen molar-refractivity contribution in [1.29, 1.82) is 5.26 Å². The van der Waals surface area contributed by atoms with Crippen molar-refractivity contribution in [3.05, 3.63) is 64.2 Å². The van der Waals surface area contributed by atoms with E-state index in [1.807, 2.05) is 56.3 Å². The molecule has 1 N–H and O–H groups in total. The largest absolute Gasteiger partial charge is 0.494 e. The molecule has 0 bridgehead atoms. The molecule has 0 saturated carbocycles. The third kappa shape index (κ3) is 5.73. The number of nitriles is 1. The quantitative estimate of drug-likeness (QED) is 0.450. The van der Waals surface area contributed by atoms with Gasteiger partial charge in [-0.2, -0.15) is 5.26 Å². The minimum Gasteiger partial charge on any atom is -0.494 e. The van der Waals surface area contributed by atoms with Crippen LogP contribution < -0.4 is 10.1 Å². The maximum atomic E-state index is 12.7. The molecule has 2 aromatic rings. The predicted molar refractivity (Wildman–Crippen MR) is 124 cm³/mol. The molecule has 2 aromatic carbocycles. The molecule has 0 radical (unpaired) electrons. The van der Waals surface area contributed by atoms with Crippen LogP contribution in [0.2, 0.25) is 0 Å². The topological polar surface area (TPSA) is 62.1 Å². The summed E-state index contributed by atoms with van der Waals surface area (Å²) < 4.78 is 5.76. The Hall–Kier alpha value is -3.06. The second-order valence-corrected chi connectivity index (χ2v) is 8.79. The third-order valence-electron chi connectivity index (χ3n) is 4.99. The number of nitrogens with zero attached hydrogens (tertiary/aromatic N) is 1. The SMILES string of the molecule is CCOc1cc(C)c(/C=C(\C#N)C(=O)Nc2ccc(C(C)(C)C)cc2)cc1C(C)C. The molecule has 0 spiro atoms. The Morgan fingerprint density at radius 2 is 1.83 bits per heavy atom. The minimum atomic E-state index is -0.416. The molecule has 2 rings (SSSR count). The number of carbonyl (C=O) groups is 1. The summed E-state index contributed by atoms with van der Waals surface area (Å²) in [5, 5.41) is 12.4. The Morgan fingerprint density at radius 3 is 2.33 bits per heavy atom. The van der Waals surface area contributed by atoms with E-state index in [2.05, 4.69) is 39.9 Å². The molecule has 0 atom stereocenters. The Labute approximate surface area is 180 Å². The van der Waals surface area contributed by atoms with Gasteiger partial charge in [0.15, 0.2) is 0 Å². The van der Waals surface area contributed by atoms with Crippen LogP contribution in [0.5, 0.6) is 5.75 Å². The molecule has 4 nitrogen and oxygen atoms in total. The van der Waals surface area contributed by atoms with E-state index in [-0.39, 0.29) is 16.9 Å². The van der Waals surface area contributed by atoms with Gasteiger partial charge in [0.2, 0.25) is 0 Å². The monoisotopic (exact) mass is 404 g/mol. The second kappa shape index (κ2) is 9.63. The highest BCUT2D eigenvalue weighted by Gasteiger charge is 2.16. The first kappa shape index (κ1) is 23.2. The highest BCUT2D eigenvalue weighted by atomic mass is 16.5.